The van der Waals surface area contributed by atoms with Gasteiger partial charge in [0.2, 0.25) is 11.8 Å². The third kappa shape index (κ3) is 6.38. The molecule has 9 nitrogen and oxygen atoms in total. The Balaban J connectivity index is 1.71. The lowest BCUT2D eigenvalue weighted by molar-refractivity contribution is -0.138. The number of piperidine rings is 1. The van der Waals surface area contributed by atoms with Crippen LogP contribution >= 0.6 is 0 Å². The zero-order valence-electron chi connectivity index (χ0n) is 18.8. The Morgan fingerprint density at radius 2 is 1.58 bits per heavy atom. The SMILES string of the molecule is CC(=O)N1CCCC[C@H]1[C@H](O)[C@@H](O)CCCCCC[C@H]1[C@H](O)[C@@H](O)[C@H](CO)N1C(C)=O. The molecule has 0 saturated carbocycles. The Morgan fingerprint density at radius 1 is 0.935 bits per heavy atom. The van der Waals surface area contributed by atoms with E-state index in [2.05, 4.69) is 0 Å². The molecule has 0 spiro atoms. The molecule has 0 aliphatic carbocycles. The quantitative estimate of drug-likeness (QED) is 0.293. The van der Waals surface area contributed by atoms with E-state index >= 15 is 0 Å². The highest BCUT2D eigenvalue weighted by Gasteiger charge is 2.48. The van der Waals surface area contributed by atoms with Crippen LogP contribution in [0.15, 0.2) is 0 Å². The summed E-state index contributed by atoms with van der Waals surface area (Å²) in [6, 6.07) is -1.61. The Morgan fingerprint density at radius 3 is 2.19 bits per heavy atom. The lowest BCUT2D eigenvalue weighted by Gasteiger charge is -2.39. The van der Waals surface area contributed by atoms with Gasteiger partial charge < -0.3 is 35.3 Å². The second-order valence-electron chi connectivity index (χ2n) is 9.05. The lowest BCUT2D eigenvalue weighted by Crippen LogP contribution is -2.52. The van der Waals surface area contributed by atoms with Crippen molar-refractivity contribution in [1.82, 2.24) is 9.80 Å². The molecule has 5 N–H and O–H groups in total. The normalized spacial score (nSPS) is 31.0. The van der Waals surface area contributed by atoms with Crippen LogP contribution in [0, 0.1) is 0 Å². The molecule has 2 fully saturated rings. The van der Waals surface area contributed by atoms with E-state index in [1.54, 1.807) is 4.90 Å². The number of nitrogens with zero attached hydrogens (tertiary/aromatic N) is 2. The van der Waals surface area contributed by atoms with E-state index in [0.29, 0.717) is 25.8 Å². The Hall–Kier alpha value is -1.26. The standard InChI is InChI=1S/C22H40N2O7/c1-14(26)23-12-8-7-9-16(23)20(29)19(28)11-6-4-3-5-10-17-21(30)22(31)18(13-25)24(17)15(2)27/h16-22,25,28-31H,3-13H2,1-2H3/t16-,17-,18-,19-,20-,21-,22-/m0/s1. The zero-order valence-corrected chi connectivity index (χ0v) is 18.8. The van der Waals surface area contributed by atoms with E-state index in [0.717, 1.165) is 38.5 Å². The van der Waals surface area contributed by atoms with E-state index in [4.69, 9.17) is 0 Å². The third-order valence-corrected chi connectivity index (χ3v) is 6.90. The summed E-state index contributed by atoms with van der Waals surface area (Å²) < 4.78 is 0. The van der Waals surface area contributed by atoms with Crippen LogP contribution in [0.2, 0.25) is 0 Å². The maximum absolute atomic E-state index is 11.9. The average Bonchev–Trinajstić information content (AvgIpc) is 2.99. The number of aliphatic hydroxyl groups excluding tert-OH is 5. The molecule has 0 aromatic rings. The van der Waals surface area contributed by atoms with Gasteiger partial charge in [0.15, 0.2) is 0 Å². The Labute approximate surface area is 184 Å². The predicted octanol–water partition coefficient (Wildman–Crippen LogP) is -0.237. The molecule has 31 heavy (non-hydrogen) atoms. The summed E-state index contributed by atoms with van der Waals surface area (Å²) in [5.74, 6) is -0.350. The van der Waals surface area contributed by atoms with Gasteiger partial charge in [-0.05, 0) is 32.1 Å². The summed E-state index contributed by atoms with van der Waals surface area (Å²) >= 11 is 0. The van der Waals surface area contributed by atoms with Crippen molar-refractivity contribution in [2.24, 2.45) is 0 Å². The molecule has 2 saturated heterocycles. The van der Waals surface area contributed by atoms with E-state index in [9.17, 15) is 35.1 Å². The molecule has 7 atom stereocenters. The highest BCUT2D eigenvalue weighted by atomic mass is 16.3. The summed E-state index contributed by atoms with van der Waals surface area (Å²) in [6.07, 6.45) is 2.58. The van der Waals surface area contributed by atoms with Crippen molar-refractivity contribution >= 4 is 11.8 Å². The molecule has 2 aliphatic rings. The fourth-order valence-electron chi connectivity index (χ4n) is 5.19. The van der Waals surface area contributed by atoms with Gasteiger partial charge in [0.1, 0.15) is 18.3 Å². The predicted molar refractivity (Wildman–Crippen MR) is 114 cm³/mol. The Bertz CT molecular complexity index is 590. The number of likely N-dealkylation sites (tertiary alicyclic amines) is 2. The smallest absolute Gasteiger partial charge is 0.220 e. The summed E-state index contributed by atoms with van der Waals surface area (Å²) in [7, 11) is 0. The van der Waals surface area contributed by atoms with Gasteiger partial charge in [-0.1, -0.05) is 25.7 Å². The second kappa shape index (κ2) is 12.1. The highest BCUT2D eigenvalue weighted by Crippen LogP contribution is 2.29. The first-order chi connectivity index (χ1) is 14.7. The number of hydrogen-bond donors (Lipinski definition) is 5. The minimum absolute atomic E-state index is 0.0711. The van der Waals surface area contributed by atoms with Crippen molar-refractivity contribution in [3.05, 3.63) is 0 Å². The molecule has 9 heteroatoms. The van der Waals surface area contributed by atoms with Crippen LogP contribution in [0.25, 0.3) is 0 Å². The summed E-state index contributed by atoms with van der Waals surface area (Å²) in [5, 5.41) is 50.7. The van der Waals surface area contributed by atoms with Crippen LogP contribution in [0.4, 0.5) is 0 Å². The van der Waals surface area contributed by atoms with Crippen molar-refractivity contribution in [2.45, 2.75) is 114 Å². The highest BCUT2D eigenvalue weighted by molar-refractivity contribution is 5.75. The molecular weight excluding hydrogens is 404 g/mol. The van der Waals surface area contributed by atoms with Crippen molar-refractivity contribution < 1.29 is 35.1 Å². The van der Waals surface area contributed by atoms with Crippen molar-refractivity contribution in [3.8, 4) is 0 Å². The van der Waals surface area contributed by atoms with E-state index in [1.165, 1.54) is 18.7 Å². The molecule has 180 valence electrons. The number of aliphatic hydroxyl groups is 5. The molecule has 0 aromatic carbocycles. The number of carbonyl (C=O) groups excluding carboxylic acids is 2. The summed E-state index contributed by atoms with van der Waals surface area (Å²) in [6.45, 7) is 3.09. The van der Waals surface area contributed by atoms with Gasteiger partial charge in [0.25, 0.3) is 0 Å². The van der Waals surface area contributed by atoms with Gasteiger partial charge in [-0.3, -0.25) is 9.59 Å². The molecular formula is C22H40N2O7. The third-order valence-electron chi connectivity index (χ3n) is 6.90. The van der Waals surface area contributed by atoms with E-state index in [-0.39, 0.29) is 17.9 Å². The van der Waals surface area contributed by atoms with Crippen molar-refractivity contribution in [1.29, 1.82) is 0 Å². The van der Waals surface area contributed by atoms with Gasteiger partial charge in [-0.2, -0.15) is 0 Å². The molecule has 2 rings (SSSR count). The number of carbonyl (C=O) groups is 2. The number of amides is 2. The fraction of sp³-hybridized carbons (Fsp3) is 0.909. The maximum atomic E-state index is 11.9. The molecule has 0 bridgehead atoms. The van der Waals surface area contributed by atoms with E-state index < -0.39 is 43.1 Å². The largest absolute Gasteiger partial charge is 0.394 e. The van der Waals surface area contributed by atoms with E-state index in [1.807, 2.05) is 0 Å². The molecule has 2 amide bonds. The monoisotopic (exact) mass is 444 g/mol. The first kappa shape index (κ1) is 26.0. The number of unbranched alkanes of at least 4 members (excludes halogenated alkanes) is 3. The maximum Gasteiger partial charge on any atom is 0.220 e. The first-order valence-electron chi connectivity index (χ1n) is 11.6. The Kier molecular flexibility index (Phi) is 10.2. The number of hydrogen-bond acceptors (Lipinski definition) is 7. The van der Waals surface area contributed by atoms with Crippen molar-refractivity contribution in [2.75, 3.05) is 13.2 Å². The van der Waals surface area contributed by atoms with Crippen LogP contribution < -0.4 is 0 Å². The molecule has 0 aromatic heterocycles. The topological polar surface area (TPSA) is 142 Å². The molecule has 0 unspecified atom stereocenters. The molecule has 2 heterocycles. The summed E-state index contributed by atoms with van der Waals surface area (Å²) in [5.41, 5.74) is 0. The molecule has 2 aliphatic heterocycles. The minimum atomic E-state index is -1.15. The van der Waals surface area contributed by atoms with Gasteiger partial charge in [0.05, 0.1) is 30.8 Å². The van der Waals surface area contributed by atoms with Crippen LogP contribution in [0.3, 0.4) is 0 Å². The van der Waals surface area contributed by atoms with Crippen molar-refractivity contribution in [3.63, 3.8) is 0 Å². The van der Waals surface area contributed by atoms with Crippen LogP contribution in [0.1, 0.15) is 71.6 Å². The number of rotatable bonds is 10. The zero-order chi connectivity index (χ0) is 23.1. The minimum Gasteiger partial charge on any atom is -0.394 e. The lowest BCUT2D eigenvalue weighted by atomic mass is 9.92. The summed E-state index contributed by atoms with van der Waals surface area (Å²) in [4.78, 5) is 26.7. The van der Waals surface area contributed by atoms with Crippen LogP contribution in [-0.2, 0) is 9.59 Å². The first-order valence-corrected chi connectivity index (χ1v) is 11.6. The van der Waals surface area contributed by atoms with Gasteiger partial charge in [-0.25, -0.2) is 0 Å². The molecule has 0 radical (unpaired) electrons. The second-order valence-corrected chi connectivity index (χ2v) is 9.05. The van der Waals surface area contributed by atoms with Gasteiger partial charge in [-0.15, -0.1) is 0 Å². The fourth-order valence-corrected chi connectivity index (χ4v) is 5.19. The van der Waals surface area contributed by atoms with Gasteiger partial charge in [0, 0.05) is 20.4 Å². The van der Waals surface area contributed by atoms with Crippen LogP contribution in [0.5, 0.6) is 0 Å². The van der Waals surface area contributed by atoms with Gasteiger partial charge >= 0.3 is 0 Å². The average molecular weight is 445 g/mol. The van der Waals surface area contributed by atoms with Crippen LogP contribution in [-0.4, -0.2) is 103 Å².